The lowest BCUT2D eigenvalue weighted by Crippen LogP contribution is -2.41. The monoisotopic (exact) mass is 562 g/mol. The number of alkyl halides is 3. The molecule has 3 rings (SSSR count). The number of carbonyl (C=O) groups excluding carboxylic acids is 2. The van der Waals surface area contributed by atoms with Crippen LogP contribution in [0.25, 0.3) is 0 Å². The van der Waals surface area contributed by atoms with Gasteiger partial charge < -0.3 is 5.32 Å². The number of para-hydroxylation sites is 1. The van der Waals surface area contributed by atoms with Crippen LogP contribution < -0.4 is 10.2 Å². The minimum absolute atomic E-state index is 0.0194. The summed E-state index contributed by atoms with van der Waals surface area (Å²) >= 11 is 12.8. The first-order valence-electron chi connectivity index (χ1n) is 8.56. The van der Waals surface area contributed by atoms with E-state index in [4.69, 9.17) is 11.6 Å². The highest BCUT2D eigenvalue weighted by molar-refractivity contribution is 9.25. The predicted octanol–water partition coefficient (Wildman–Crippen LogP) is 4.92. The SMILES string of the molecule is CN1C(=O)C(=NC(Nc2cccc(F)c2)C(Br)(Br)CCl)N(c2ccccc2F)C1=O. The molecule has 0 aromatic heterocycles. The van der Waals surface area contributed by atoms with Gasteiger partial charge in [-0.2, -0.15) is 0 Å². The Labute approximate surface area is 193 Å². The maximum Gasteiger partial charge on any atom is 0.337 e. The summed E-state index contributed by atoms with van der Waals surface area (Å²) < 4.78 is 26.9. The number of nitrogens with zero attached hydrogens (tertiary/aromatic N) is 3. The molecule has 1 saturated heterocycles. The number of carbonyl (C=O) groups is 2. The summed E-state index contributed by atoms with van der Waals surface area (Å²) in [6.45, 7) is 0. The standard InChI is InChI=1S/C19H15Br2ClF2N4O2/c1-27-16(29)15(28(18(27)30)14-8-3-2-7-13(14)24)26-17(19(20,21)10-22)25-12-6-4-5-11(23)9-12/h2-9,17,25H,10H2,1H3. The van der Waals surface area contributed by atoms with Gasteiger partial charge in [0.1, 0.15) is 21.0 Å². The summed E-state index contributed by atoms with van der Waals surface area (Å²) in [5, 5.41) is 2.97. The second-order valence-electron chi connectivity index (χ2n) is 6.34. The van der Waals surface area contributed by atoms with Crippen molar-refractivity contribution < 1.29 is 18.4 Å². The van der Waals surface area contributed by atoms with Crippen molar-refractivity contribution in [3.8, 4) is 0 Å². The fourth-order valence-corrected chi connectivity index (χ4v) is 3.28. The number of benzene rings is 2. The van der Waals surface area contributed by atoms with Crippen LogP contribution in [0.15, 0.2) is 53.5 Å². The molecular weight excluding hydrogens is 549 g/mol. The number of urea groups is 1. The molecule has 1 heterocycles. The number of halogens is 5. The fourth-order valence-electron chi connectivity index (χ4n) is 2.70. The molecule has 0 saturated carbocycles. The van der Waals surface area contributed by atoms with Crippen molar-refractivity contribution in [2.24, 2.45) is 4.99 Å². The molecule has 2 aromatic rings. The second kappa shape index (κ2) is 8.99. The molecule has 0 radical (unpaired) electrons. The normalized spacial score (nSPS) is 17.1. The van der Waals surface area contributed by atoms with Crippen LogP contribution in [0, 0.1) is 11.6 Å². The van der Waals surface area contributed by atoms with E-state index in [1.54, 1.807) is 6.07 Å². The van der Waals surface area contributed by atoms with Crippen molar-refractivity contribution in [3.63, 3.8) is 0 Å². The van der Waals surface area contributed by atoms with Gasteiger partial charge in [-0.15, -0.1) is 11.6 Å². The molecule has 0 bridgehead atoms. The van der Waals surface area contributed by atoms with Gasteiger partial charge in [0.2, 0.25) is 5.84 Å². The van der Waals surface area contributed by atoms with Crippen molar-refractivity contribution in [1.29, 1.82) is 0 Å². The second-order valence-corrected chi connectivity index (χ2v) is 10.5. The van der Waals surface area contributed by atoms with Crippen LogP contribution in [-0.2, 0) is 4.79 Å². The van der Waals surface area contributed by atoms with Crippen LogP contribution in [0.3, 0.4) is 0 Å². The third-order valence-electron chi connectivity index (χ3n) is 4.24. The van der Waals surface area contributed by atoms with E-state index in [1.807, 2.05) is 0 Å². The van der Waals surface area contributed by atoms with E-state index in [0.29, 0.717) is 5.69 Å². The summed E-state index contributed by atoms with van der Waals surface area (Å²) in [5.41, 5.74) is 0.240. The minimum atomic E-state index is -1.08. The van der Waals surface area contributed by atoms with E-state index in [2.05, 4.69) is 42.2 Å². The number of aliphatic imine (C=N–C) groups is 1. The van der Waals surface area contributed by atoms with Gasteiger partial charge in [-0.05, 0) is 30.3 Å². The Morgan fingerprint density at radius 1 is 1.17 bits per heavy atom. The zero-order valence-electron chi connectivity index (χ0n) is 15.5. The van der Waals surface area contributed by atoms with Gasteiger partial charge in [-0.25, -0.2) is 23.5 Å². The van der Waals surface area contributed by atoms with Crippen molar-refractivity contribution in [2.45, 2.75) is 9.40 Å². The van der Waals surface area contributed by atoms with E-state index >= 15 is 0 Å². The summed E-state index contributed by atoms with van der Waals surface area (Å²) in [6.07, 6.45) is -0.982. The maximum atomic E-state index is 14.4. The first-order valence-corrected chi connectivity index (χ1v) is 10.7. The van der Waals surface area contributed by atoms with Crippen LogP contribution in [0.2, 0.25) is 0 Å². The molecule has 3 amide bonds. The van der Waals surface area contributed by atoms with Gasteiger partial charge in [0, 0.05) is 12.7 Å². The first-order chi connectivity index (χ1) is 14.2. The number of hydrogen-bond acceptors (Lipinski definition) is 4. The van der Waals surface area contributed by atoms with Crippen molar-refractivity contribution >= 4 is 72.6 Å². The van der Waals surface area contributed by atoms with Crippen LogP contribution in [-0.4, -0.2) is 45.0 Å². The number of rotatable bonds is 6. The number of amidine groups is 1. The maximum absolute atomic E-state index is 14.4. The average molecular weight is 565 g/mol. The minimum Gasteiger partial charge on any atom is -0.362 e. The lowest BCUT2D eigenvalue weighted by atomic mass is 10.2. The van der Waals surface area contributed by atoms with Crippen molar-refractivity contribution in [2.75, 3.05) is 23.1 Å². The molecule has 1 N–H and O–H groups in total. The number of nitrogens with one attached hydrogen (secondary N) is 1. The van der Waals surface area contributed by atoms with Gasteiger partial charge in [0.05, 0.1) is 11.6 Å². The van der Waals surface area contributed by atoms with Crippen LogP contribution in [0.4, 0.5) is 25.0 Å². The van der Waals surface area contributed by atoms with Gasteiger partial charge >= 0.3 is 6.03 Å². The number of imide groups is 1. The van der Waals surface area contributed by atoms with Gasteiger partial charge in [0.25, 0.3) is 5.91 Å². The molecule has 1 fully saturated rings. The Balaban J connectivity index is 2.09. The number of likely N-dealkylation sites (N-methyl/N-ethyl adjacent to an activating group) is 1. The van der Waals surface area contributed by atoms with Crippen LogP contribution in [0.1, 0.15) is 0 Å². The van der Waals surface area contributed by atoms with Gasteiger partial charge in [0.15, 0.2) is 0 Å². The highest BCUT2D eigenvalue weighted by atomic mass is 79.9. The Morgan fingerprint density at radius 3 is 2.50 bits per heavy atom. The third kappa shape index (κ3) is 4.50. The largest absolute Gasteiger partial charge is 0.362 e. The Kier molecular flexibility index (Phi) is 6.78. The molecule has 11 heteroatoms. The molecule has 30 heavy (non-hydrogen) atoms. The zero-order valence-corrected chi connectivity index (χ0v) is 19.4. The average Bonchev–Trinajstić information content (AvgIpc) is 2.92. The molecule has 0 spiro atoms. The van der Waals surface area contributed by atoms with Crippen molar-refractivity contribution in [3.05, 3.63) is 60.2 Å². The Bertz CT molecular complexity index is 1020. The highest BCUT2D eigenvalue weighted by Crippen LogP contribution is 2.35. The van der Waals surface area contributed by atoms with E-state index < -0.39 is 33.0 Å². The zero-order chi connectivity index (χ0) is 22.1. The number of amides is 3. The quantitative estimate of drug-likeness (QED) is 0.400. The predicted molar refractivity (Wildman–Crippen MR) is 120 cm³/mol. The molecule has 2 aromatic carbocycles. The molecule has 1 atom stereocenters. The van der Waals surface area contributed by atoms with E-state index in [9.17, 15) is 18.4 Å². The van der Waals surface area contributed by atoms with E-state index in [1.165, 1.54) is 49.5 Å². The lowest BCUT2D eigenvalue weighted by Gasteiger charge is -2.28. The molecule has 0 aliphatic carbocycles. The molecule has 1 aliphatic heterocycles. The van der Waals surface area contributed by atoms with Gasteiger partial charge in [-0.1, -0.05) is 50.1 Å². The number of hydrogen-bond donors (Lipinski definition) is 1. The molecule has 6 nitrogen and oxygen atoms in total. The van der Waals surface area contributed by atoms with Crippen LogP contribution in [0.5, 0.6) is 0 Å². The smallest absolute Gasteiger partial charge is 0.337 e. The van der Waals surface area contributed by atoms with E-state index in [-0.39, 0.29) is 17.4 Å². The van der Waals surface area contributed by atoms with Crippen molar-refractivity contribution in [1.82, 2.24) is 4.90 Å². The summed E-state index contributed by atoms with van der Waals surface area (Å²) in [7, 11) is 1.27. The Morgan fingerprint density at radius 2 is 1.87 bits per heavy atom. The Hall–Kier alpha value is -2.04. The summed E-state index contributed by atoms with van der Waals surface area (Å²) in [6, 6.07) is 10.4. The number of anilines is 2. The fraction of sp³-hybridized carbons (Fsp3) is 0.211. The molecule has 1 aliphatic rings. The van der Waals surface area contributed by atoms with E-state index in [0.717, 1.165) is 9.80 Å². The first kappa shape index (κ1) is 22.6. The van der Waals surface area contributed by atoms with Gasteiger partial charge in [-0.3, -0.25) is 9.69 Å². The highest BCUT2D eigenvalue weighted by Gasteiger charge is 2.44. The summed E-state index contributed by atoms with van der Waals surface area (Å²) in [4.78, 5) is 31.5. The molecule has 158 valence electrons. The topological polar surface area (TPSA) is 65.0 Å². The van der Waals surface area contributed by atoms with Crippen LogP contribution >= 0.6 is 43.5 Å². The molecule has 1 unspecified atom stereocenters. The molecular formula is C19H15Br2ClF2N4O2. The lowest BCUT2D eigenvalue weighted by molar-refractivity contribution is -0.119. The summed E-state index contributed by atoms with van der Waals surface area (Å²) in [5.74, 6) is -2.23. The third-order valence-corrected chi connectivity index (χ3v) is 6.73.